The predicted octanol–water partition coefficient (Wildman–Crippen LogP) is 2.55. The Bertz CT molecular complexity index is 832. The van der Waals surface area contributed by atoms with Gasteiger partial charge in [-0.1, -0.05) is 48.0 Å². The highest BCUT2D eigenvalue weighted by Crippen LogP contribution is 2.34. The molecule has 0 spiro atoms. The lowest BCUT2D eigenvalue weighted by molar-refractivity contribution is -0.130. The van der Waals surface area contributed by atoms with E-state index in [1.165, 1.54) is 11.2 Å². The molecule has 1 saturated heterocycles. The number of carbonyl (C=O) groups is 1. The Morgan fingerprint density at radius 1 is 1.00 bits per heavy atom. The van der Waals surface area contributed by atoms with Crippen LogP contribution < -0.4 is 0 Å². The molecule has 1 aliphatic rings. The molecule has 2 aromatic rings. The first kappa shape index (κ1) is 16.7. The zero-order valence-corrected chi connectivity index (χ0v) is 14.5. The first-order valence-corrected chi connectivity index (χ1v) is 9.26. The second-order valence-electron chi connectivity index (χ2n) is 5.93. The molecular formula is C18H20N2O3S. The number of hydrogen-bond donors (Lipinski definition) is 0. The molecule has 0 radical (unpaired) electrons. The molecule has 1 amide bonds. The molecule has 0 bridgehead atoms. The molecule has 1 heterocycles. The van der Waals surface area contributed by atoms with Gasteiger partial charge in [0.05, 0.1) is 4.90 Å². The molecule has 126 valence electrons. The Labute approximate surface area is 142 Å². The number of rotatable bonds is 3. The zero-order chi connectivity index (χ0) is 17.3. The number of carbonyl (C=O) groups excluding carboxylic acids is 1. The molecule has 1 fully saturated rings. The Hall–Kier alpha value is -2.18. The van der Waals surface area contributed by atoms with Gasteiger partial charge in [-0.3, -0.25) is 4.79 Å². The maximum absolute atomic E-state index is 13.1. The van der Waals surface area contributed by atoms with Crippen molar-refractivity contribution in [3.05, 3.63) is 65.7 Å². The molecule has 24 heavy (non-hydrogen) atoms. The maximum Gasteiger partial charge on any atom is 0.245 e. The van der Waals surface area contributed by atoms with E-state index in [9.17, 15) is 13.2 Å². The van der Waals surface area contributed by atoms with Crippen molar-refractivity contribution >= 4 is 15.9 Å². The van der Waals surface area contributed by atoms with Gasteiger partial charge in [-0.15, -0.1) is 0 Å². The van der Waals surface area contributed by atoms with Gasteiger partial charge in [0.1, 0.15) is 6.17 Å². The fourth-order valence-corrected chi connectivity index (χ4v) is 4.58. The number of sulfonamides is 1. The maximum atomic E-state index is 13.1. The normalized spacial score (nSPS) is 18.8. The largest absolute Gasteiger partial charge is 0.321 e. The third-order valence-electron chi connectivity index (χ3n) is 4.26. The molecule has 1 aliphatic heterocycles. The van der Waals surface area contributed by atoms with Crippen LogP contribution in [-0.4, -0.2) is 36.6 Å². The van der Waals surface area contributed by atoms with E-state index in [4.69, 9.17) is 0 Å². The van der Waals surface area contributed by atoms with E-state index in [1.54, 1.807) is 29.2 Å². The average molecular weight is 344 g/mol. The van der Waals surface area contributed by atoms with Crippen LogP contribution in [0.5, 0.6) is 0 Å². The summed E-state index contributed by atoms with van der Waals surface area (Å²) in [6.45, 7) is 4.06. The van der Waals surface area contributed by atoms with Crippen molar-refractivity contribution < 1.29 is 13.2 Å². The van der Waals surface area contributed by atoms with Crippen LogP contribution in [0, 0.1) is 6.92 Å². The van der Waals surface area contributed by atoms with Gasteiger partial charge in [0, 0.05) is 20.0 Å². The van der Waals surface area contributed by atoms with Crippen molar-refractivity contribution in [3.63, 3.8) is 0 Å². The van der Waals surface area contributed by atoms with Gasteiger partial charge >= 0.3 is 0 Å². The van der Waals surface area contributed by atoms with E-state index in [-0.39, 0.29) is 17.3 Å². The number of hydrogen-bond acceptors (Lipinski definition) is 3. The van der Waals surface area contributed by atoms with Crippen LogP contribution in [0.4, 0.5) is 0 Å². The van der Waals surface area contributed by atoms with E-state index in [0.717, 1.165) is 11.1 Å². The van der Waals surface area contributed by atoms with E-state index in [0.29, 0.717) is 6.54 Å². The molecule has 3 rings (SSSR count). The summed E-state index contributed by atoms with van der Waals surface area (Å²) in [6, 6.07) is 16.1. The molecule has 2 aromatic carbocycles. The minimum Gasteiger partial charge on any atom is -0.321 e. The Morgan fingerprint density at radius 2 is 1.62 bits per heavy atom. The van der Waals surface area contributed by atoms with Gasteiger partial charge in [0.25, 0.3) is 0 Å². The van der Waals surface area contributed by atoms with Crippen LogP contribution in [0.1, 0.15) is 24.2 Å². The minimum absolute atomic E-state index is 0.134. The molecular weight excluding hydrogens is 324 g/mol. The molecule has 1 atom stereocenters. The SMILES string of the molecule is CC(=O)N1CCN(S(=O)(=O)c2ccc(C)cc2)[C@H]1c1ccccc1. The van der Waals surface area contributed by atoms with Gasteiger partial charge in [-0.2, -0.15) is 4.31 Å². The fourth-order valence-electron chi connectivity index (χ4n) is 3.00. The van der Waals surface area contributed by atoms with Gasteiger partial charge in [-0.05, 0) is 24.6 Å². The number of amides is 1. The number of aryl methyl sites for hydroxylation is 1. The van der Waals surface area contributed by atoms with E-state index in [2.05, 4.69) is 0 Å². The van der Waals surface area contributed by atoms with Gasteiger partial charge < -0.3 is 4.90 Å². The molecule has 5 nitrogen and oxygen atoms in total. The Balaban J connectivity index is 2.05. The van der Waals surface area contributed by atoms with Crippen molar-refractivity contribution in [1.82, 2.24) is 9.21 Å². The first-order chi connectivity index (χ1) is 11.4. The lowest BCUT2D eigenvalue weighted by Crippen LogP contribution is -2.37. The van der Waals surface area contributed by atoms with E-state index in [1.807, 2.05) is 37.3 Å². The quantitative estimate of drug-likeness (QED) is 0.860. The van der Waals surface area contributed by atoms with Gasteiger partial charge in [-0.25, -0.2) is 8.42 Å². The van der Waals surface area contributed by atoms with Crippen LogP contribution in [0.3, 0.4) is 0 Å². The lowest BCUT2D eigenvalue weighted by atomic mass is 10.1. The first-order valence-electron chi connectivity index (χ1n) is 7.82. The molecule has 0 saturated carbocycles. The standard InChI is InChI=1S/C18H20N2O3S/c1-14-8-10-17(11-9-14)24(22,23)20-13-12-19(15(2)21)18(20)16-6-4-3-5-7-16/h3-11,18H,12-13H2,1-2H3/t18-/m0/s1. The highest BCUT2D eigenvalue weighted by molar-refractivity contribution is 7.89. The summed E-state index contributed by atoms with van der Waals surface area (Å²) in [5, 5.41) is 0. The molecule has 0 aliphatic carbocycles. The molecule has 0 unspecified atom stereocenters. The molecule has 0 N–H and O–H groups in total. The van der Waals surface area contributed by atoms with Crippen molar-refractivity contribution in [2.24, 2.45) is 0 Å². The highest BCUT2D eigenvalue weighted by Gasteiger charge is 2.42. The molecule has 0 aromatic heterocycles. The van der Waals surface area contributed by atoms with Crippen LogP contribution in [0.25, 0.3) is 0 Å². The van der Waals surface area contributed by atoms with Gasteiger partial charge in [0.15, 0.2) is 0 Å². The van der Waals surface area contributed by atoms with Crippen LogP contribution in [0.15, 0.2) is 59.5 Å². The van der Waals surface area contributed by atoms with Crippen LogP contribution in [0.2, 0.25) is 0 Å². The van der Waals surface area contributed by atoms with Crippen molar-refractivity contribution in [2.45, 2.75) is 24.9 Å². The van der Waals surface area contributed by atoms with Crippen molar-refractivity contribution in [3.8, 4) is 0 Å². The Kier molecular flexibility index (Phi) is 4.43. The van der Waals surface area contributed by atoms with Crippen LogP contribution >= 0.6 is 0 Å². The summed E-state index contributed by atoms with van der Waals surface area (Å²) in [4.78, 5) is 13.8. The van der Waals surface area contributed by atoms with Crippen LogP contribution in [-0.2, 0) is 14.8 Å². The predicted molar refractivity (Wildman–Crippen MR) is 91.6 cm³/mol. The fraction of sp³-hybridized carbons (Fsp3) is 0.278. The van der Waals surface area contributed by atoms with E-state index >= 15 is 0 Å². The summed E-state index contributed by atoms with van der Waals surface area (Å²) >= 11 is 0. The topological polar surface area (TPSA) is 57.7 Å². The summed E-state index contributed by atoms with van der Waals surface area (Å²) in [5.74, 6) is -0.134. The Morgan fingerprint density at radius 3 is 2.21 bits per heavy atom. The van der Waals surface area contributed by atoms with Gasteiger partial charge in [0.2, 0.25) is 15.9 Å². The minimum atomic E-state index is -3.68. The number of benzene rings is 2. The van der Waals surface area contributed by atoms with E-state index < -0.39 is 16.2 Å². The highest BCUT2D eigenvalue weighted by atomic mass is 32.2. The summed E-state index contributed by atoms with van der Waals surface area (Å²) in [6.07, 6.45) is -0.602. The van der Waals surface area contributed by atoms with Crippen molar-refractivity contribution in [1.29, 1.82) is 0 Å². The summed E-state index contributed by atoms with van der Waals surface area (Å²) in [7, 11) is -3.68. The summed E-state index contributed by atoms with van der Waals surface area (Å²) in [5.41, 5.74) is 1.79. The van der Waals surface area contributed by atoms with Crippen molar-refractivity contribution in [2.75, 3.05) is 13.1 Å². The zero-order valence-electron chi connectivity index (χ0n) is 13.7. The third kappa shape index (κ3) is 2.95. The lowest BCUT2D eigenvalue weighted by Gasteiger charge is -2.29. The third-order valence-corrected chi connectivity index (χ3v) is 6.13. The molecule has 6 heteroatoms. The second kappa shape index (κ2) is 6.37. The monoisotopic (exact) mass is 344 g/mol. The number of nitrogens with zero attached hydrogens (tertiary/aromatic N) is 2. The smallest absolute Gasteiger partial charge is 0.245 e. The second-order valence-corrected chi connectivity index (χ2v) is 7.82. The summed E-state index contributed by atoms with van der Waals surface area (Å²) < 4.78 is 27.6. The average Bonchev–Trinajstić information content (AvgIpc) is 3.02.